The van der Waals surface area contributed by atoms with E-state index in [0.717, 1.165) is 6.07 Å². The number of nitrogens with one attached hydrogen (secondary N) is 1. The van der Waals surface area contributed by atoms with Gasteiger partial charge >= 0.3 is 6.18 Å². The van der Waals surface area contributed by atoms with Gasteiger partial charge in [-0.1, -0.05) is 24.3 Å². The predicted molar refractivity (Wildman–Crippen MR) is 95.9 cm³/mol. The highest BCUT2D eigenvalue weighted by Crippen LogP contribution is 2.55. The van der Waals surface area contributed by atoms with Gasteiger partial charge in [0.2, 0.25) is 11.8 Å². The van der Waals surface area contributed by atoms with Crippen molar-refractivity contribution < 1.29 is 31.9 Å². The molecule has 1 amide bonds. The Morgan fingerprint density at radius 1 is 1.00 bits per heavy atom. The summed E-state index contributed by atoms with van der Waals surface area (Å²) in [6.45, 7) is 0. The summed E-state index contributed by atoms with van der Waals surface area (Å²) < 4.78 is 68.2. The molecule has 0 unspecified atom stereocenters. The van der Waals surface area contributed by atoms with E-state index in [9.17, 15) is 31.9 Å². The van der Waals surface area contributed by atoms with E-state index in [1.54, 1.807) is 0 Å². The molecule has 1 atom stereocenters. The number of phenolic OH excluding ortho intramolecular Hbond substituents is 1. The van der Waals surface area contributed by atoms with E-state index in [-0.39, 0.29) is 29.8 Å². The van der Waals surface area contributed by atoms with Crippen molar-refractivity contribution in [2.75, 3.05) is 5.32 Å². The van der Waals surface area contributed by atoms with Crippen LogP contribution in [0.4, 0.5) is 27.6 Å². The van der Waals surface area contributed by atoms with Gasteiger partial charge in [0, 0.05) is 12.8 Å². The number of carbonyl (C=O) groups is 1. The van der Waals surface area contributed by atoms with Crippen molar-refractivity contribution in [3.63, 3.8) is 0 Å². The summed E-state index contributed by atoms with van der Waals surface area (Å²) in [5, 5.41) is 12.0. The monoisotopic (exact) mass is 411 g/mol. The van der Waals surface area contributed by atoms with Gasteiger partial charge in [-0.3, -0.25) is 4.79 Å². The molecular formula is C21H18F5NO2. The molecule has 8 heteroatoms. The van der Waals surface area contributed by atoms with E-state index in [2.05, 4.69) is 5.32 Å². The first-order valence-electron chi connectivity index (χ1n) is 9.25. The second-order valence-electron chi connectivity index (χ2n) is 7.67. The molecule has 1 heterocycles. The molecular weight excluding hydrogens is 393 g/mol. The van der Waals surface area contributed by atoms with E-state index >= 15 is 0 Å². The Kier molecular flexibility index (Phi) is 4.36. The van der Waals surface area contributed by atoms with Gasteiger partial charge in [0.05, 0.1) is 11.3 Å². The third kappa shape index (κ3) is 3.05. The highest BCUT2D eigenvalue weighted by atomic mass is 19.4. The van der Waals surface area contributed by atoms with Crippen LogP contribution in [-0.4, -0.2) is 16.9 Å². The summed E-state index contributed by atoms with van der Waals surface area (Å²) in [5.74, 6) is -4.18. The van der Waals surface area contributed by atoms with Crippen molar-refractivity contribution in [3.05, 3.63) is 59.2 Å². The number of hydrogen-bond acceptors (Lipinski definition) is 2. The van der Waals surface area contributed by atoms with E-state index in [1.807, 2.05) is 0 Å². The number of para-hydroxylation sites is 1. The lowest BCUT2D eigenvalue weighted by Crippen LogP contribution is -2.45. The van der Waals surface area contributed by atoms with Crippen LogP contribution in [-0.2, 0) is 16.4 Å². The Morgan fingerprint density at radius 2 is 1.62 bits per heavy atom. The Morgan fingerprint density at radius 3 is 2.21 bits per heavy atom. The van der Waals surface area contributed by atoms with Crippen molar-refractivity contribution in [1.82, 2.24) is 0 Å². The van der Waals surface area contributed by atoms with E-state index in [1.165, 1.54) is 36.4 Å². The average Bonchev–Trinajstić information content (AvgIpc) is 2.94. The molecule has 2 N–H and O–H groups in total. The van der Waals surface area contributed by atoms with E-state index < -0.39 is 47.7 Å². The molecule has 0 spiro atoms. The molecule has 2 aliphatic rings. The Balaban J connectivity index is 1.94. The second-order valence-corrected chi connectivity index (χ2v) is 7.67. The number of phenols is 1. The predicted octanol–water partition coefficient (Wildman–Crippen LogP) is 5.47. The minimum Gasteiger partial charge on any atom is -0.508 e. The molecule has 2 aromatic carbocycles. The fourth-order valence-corrected chi connectivity index (χ4v) is 4.71. The zero-order chi connectivity index (χ0) is 21.0. The second kappa shape index (κ2) is 6.43. The number of carbonyl (C=O) groups excluding carboxylic acids is 1. The first kappa shape index (κ1) is 19.7. The summed E-state index contributed by atoms with van der Waals surface area (Å²) in [5.41, 5.74) is -2.30. The molecule has 1 aliphatic heterocycles. The molecule has 154 valence electrons. The van der Waals surface area contributed by atoms with Crippen LogP contribution in [0.2, 0.25) is 0 Å². The fourth-order valence-electron chi connectivity index (χ4n) is 4.71. The maximum absolute atomic E-state index is 13.8. The lowest BCUT2D eigenvalue weighted by molar-refractivity contribution is -0.136. The molecule has 3 nitrogen and oxygen atoms in total. The van der Waals surface area contributed by atoms with Crippen molar-refractivity contribution in [2.24, 2.45) is 5.92 Å². The minimum absolute atomic E-state index is 0.00299. The summed E-state index contributed by atoms with van der Waals surface area (Å²) in [6, 6.07) is 9.19. The number of benzene rings is 2. The van der Waals surface area contributed by atoms with Crippen molar-refractivity contribution in [3.8, 4) is 5.75 Å². The summed E-state index contributed by atoms with van der Waals surface area (Å²) in [7, 11) is 0. The van der Waals surface area contributed by atoms with Crippen LogP contribution >= 0.6 is 0 Å². The molecule has 1 saturated carbocycles. The van der Waals surface area contributed by atoms with Gasteiger partial charge in [-0.25, -0.2) is 8.78 Å². The summed E-state index contributed by atoms with van der Waals surface area (Å²) in [6.07, 6.45) is -5.55. The smallest absolute Gasteiger partial charge is 0.418 e. The van der Waals surface area contributed by atoms with Gasteiger partial charge in [-0.15, -0.1) is 0 Å². The molecule has 29 heavy (non-hydrogen) atoms. The fraction of sp³-hybridized carbons (Fsp3) is 0.381. The number of rotatable bonds is 2. The first-order valence-corrected chi connectivity index (χ1v) is 9.25. The lowest BCUT2D eigenvalue weighted by atomic mass is 9.61. The van der Waals surface area contributed by atoms with E-state index in [0.29, 0.717) is 5.56 Å². The first-order chi connectivity index (χ1) is 13.6. The molecule has 0 saturated heterocycles. The highest BCUT2D eigenvalue weighted by Gasteiger charge is 2.57. The number of alkyl halides is 5. The van der Waals surface area contributed by atoms with Crippen LogP contribution in [0.3, 0.4) is 0 Å². The molecule has 1 aliphatic carbocycles. The SMILES string of the molecule is O=C1Nc2c(C(F)(F)F)cccc2[C@@]1(c1ccc(O)cc1)C1CCC(F)(F)CC1. The number of anilines is 1. The maximum atomic E-state index is 13.8. The topological polar surface area (TPSA) is 49.3 Å². The normalized spacial score (nSPS) is 24.2. The third-order valence-electron chi connectivity index (χ3n) is 6.04. The molecule has 0 aromatic heterocycles. The van der Waals surface area contributed by atoms with Crippen molar-refractivity contribution in [1.29, 1.82) is 0 Å². The molecule has 0 bridgehead atoms. The zero-order valence-corrected chi connectivity index (χ0v) is 15.2. The van der Waals surface area contributed by atoms with Gasteiger partial charge in [0.25, 0.3) is 0 Å². The number of amides is 1. The zero-order valence-electron chi connectivity index (χ0n) is 15.2. The van der Waals surface area contributed by atoms with Crippen LogP contribution in [0.1, 0.15) is 42.4 Å². The average molecular weight is 411 g/mol. The van der Waals surface area contributed by atoms with Gasteiger partial charge in [0.1, 0.15) is 11.2 Å². The highest BCUT2D eigenvalue weighted by molar-refractivity contribution is 6.09. The van der Waals surface area contributed by atoms with Gasteiger partial charge in [-0.2, -0.15) is 13.2 Å². The molecule has 1 fully saturated rings. The van der Waals surface area contributed by atoms with Crippen LogP contribution in [0, 0.1) is 5.92 Å². The van der Waals surface area contributed by atoms with Crippen LogP contribution in [0.25, 0.3) is 0 Å². The van der Waals surface area contributed by atoms with Crippen molar-refractivity contribution >= 4 is 11.6 Å². The largest absolute Gasteiger partial charge is 0.508 e. The maximum Gasteiger partial charge on any atom is 0.418 e. The van der Waals surface area contributed by atoms with Crippen LogP contribution in [0.15, 0.2) is 42.5 Å². The van der Waals surface area contributed by atoms with Gasteiger partial charge in [0.15, 0.2) is 0 Å². The Labute approximate surface area is 163 Å². The van der Waals surface area contributed by atoms with E-state index in [4.69, 9.17) is 0 Å². The Hall–Kier alpha value is -2.64. The van der Waals surface area contributed by atoms with Crippen LogP contribution in [0.5, 0.6) is 5.75 Å². The van der Waals surface area contributed by atoms with Gasteiger partial charge < -0.3 is 10.4 Å². The Bertz CT molecular complexity index is 945. The number of aromatic hydroxyl groups is 1. The molecule has 0 radical (unpaired) electrons. The summed E-state index contributed by atoms with van der Waals surface area (Å²) in [4.78, 5) is 13.2. The standard InChI is InChI=1S/C21H18F5NO2/c22-19(23)10-8-13(9-11-19)20(12-4-6-14(28)7-5-12)15-2-1-3-16(21(24,25)26)17(15)27-18(20)29/h1-7,13,28H,8-11H2,(H,27,29)/t20-/m1/s1. The summed E-state index contributed by atoms with van der Waals surface area (Å²) >= 11 is 0. The van der Waals surface area contributed by atoms with Crippen molar-refractivity contribution in [2.45, 2.75) is 43.2 Å². The van der Waals surface area contributed by atoms with Gasteiger partial charge in [-0.05, 0) is 48.1 Å². The van der Waals surface area contributed by atoms with Crippen LogP contribution < -0.4 is 5.32 Å². The number of halogens is 5. The molecule has 4 rings (SSSR count). The quantitative estimate of drug-likeness (QED) is 0.644. The minimum atomic E-state index is -4.68. The third-order valence-corrected chi connectivity index (χ3v) is 6.04. The lowest BCUT2D eigenvalue weighted by Gasteiger charge is -2.40. The number of fused-ring (bicyclic) bond motifs is 1. The molecule has 2 aromatic rings. The number of hydrogen-bond donors (Lipinski definition) is 2.